The monoisotopic (exact) mass is 224 g/mol. The van der Waals surface area contributed by atoms with Gasteiger partial charge in [0.15, 0.2) is 5.78 Å². The van der Waals surface area contributed by atoms with Gasteiger partial charge < -0.3 is 14.6 Å². The van der Waals surface area contributed by atoms with Crippen LogP contribution in [-0.2, 0) is 4.74 Å². The fourth-order valence-electron chi connectivity index (χ4n) is 1.31. The van der Waals surface area contributed by atoms with E-state index in [1.807, 2.05) is 0 Å². The number of carbonyl (C=O) groups excluding carboxylic acids is 1. The van der Waals surface area contributed by atoms with E-state index in [0.717, 1.165) is 0 Å². The highest BCUT2D eigenvalue weighted by Crippen LogP contribution is 2.18. The van der Waals surface area contributed by atoms with E-state index in [9.17, 15) is 9.90 Å². The molecule has 0 aliphatic carbocycles. The number of aliphatic hydroxyl groups is 1. The zero-order valence-electron chi connectivity index (χ0n) is 9.47. The summed E-state index contributed by atoms with van der Waals surface area (Å²) in [6.07, 6.45) is -0.690. The quantitative estimate of drug-likeness (QED) is 0.739. The molecule has 4 nitrogen and oxygen atoms in total. The van der Waals surface area contributed by atoms with Gasteiger partial charge in [0.05, 0.1) is 12.2 Å². The predicted molar refractivity (Wildman–Crippen MR) is 59.8 cm³/mol. The highest BCUT2D eigenvalue weighted by Gasteiger charge is 2.09. The van der Waals surface area contributed by atoms with Crippen molar-refractivity contribution in [2.75, 3.05) is 20.3 Å². The Labute approximate surface area is 94.8 Å². The summed E-state index contributed by atoms with van der Waals surface area (Å²) in [7, 11) is 1.51. The molecule has 16 heavy (non-hydrogen) atoms. The van der Waals surface area contributed by atoms with Crippen LogP contribution in [0.3, 0.4) is 0 Å². The van der Waals surface area contributed by atoms with Crippen molar-refractivity contribution < 1.29 is 19.4 Å². The van der Waals surface area contributed by atoms with Crippen LogP contribution in [0.25, 0.3) is 0 Å². The number of aliphatic hydroxyl groups excluding tert-OH is 1. The van der Waals surface area contributed by atoms with Gasteiger partial charge in [-0.15, -0.1) is 0 Å². The normalized spacial score (nSPS) is 12.2. The van der Waals surface area contributed by atoms with E-state index >= 15 is 0 Å². The molecule has 0 fully saturated rings. The van der Waals surface area contributed by atoms with Gasteiger partial charge in [0.1, 0.15) is 18.5 Å². The maximum Gasteiger partial charge on any atom is 0.163 e. The second-order valence-electron chi connectivity index (χ2n) is 3.47. The molecule has 0 spiro atoms. The van der Waals surface area contributed by atoms with Gasteiger partial charge >= 0.3 is 0 Å². The molecule has 88 valence electrons. The molecule has 1 aromatic rings. The van der Waals surface area contributed by atoms with E-state index in [2.05, 4.69) is 0 Å². The van der Waals surface area contributed by atoms with Crippen LogP contribution in [0.15, 0.2) is 24.3 Å². The van der Waals surface area contributed by atoms with Crippen molar-refractivity contribution in [3.63, 3.8) is 0 Å². The summed E-state index contributed by atoms with van der Waals surface area (Å²) in [5.41, 5.74) is 0.520. The third-order valence-electron chi connectivity index (χ3n) is 2.06. The highest BCUT2D eigenvalue weighted by molar-refractivity contribution is 5.96. The molecule has 0 heterocycles. The van der Waals surface area contributed by atoms with Crippen LogP contribution >= 0.6 is 0 Å². The van der Waals surface area contributed by atoms with Gasteiger partial charge in [-0.2, -0.15) is 0 Å². The van der Waals surface area contributed by atoms with Crippen molar-refractivity contribution in [1.29, 1.82) is 0 Å². The van der Waals surface area contributed by atoms with Crippen LogP contribution in [0.4, 0.5) is 0 Å². The van der Waals surface area contributed by atoms with Crippen molar-refractivity contribution >= 4 is 5.78 Å². The number of benzene rings is 1. The number of Topliss-reactive ketones (excluding diaryl/α,β-unsaturated/α-hetero) is 1. The lowest BCUT2D eigenvalue weighted by Gasteiger charge is -2.13. The molecule has 1 atom stereocenters. The average Bonchev–Trinajstić information content (AvgIpc) is 2.27. The first-order valence-electron chi connectivity index (χ1n) is 5.05. The smallest absolute Gasteiger partial charge is 0.163 e. The van der Waals surface area contributed by atoms with Gasteiger partial charge in [0.25, 0.3) is 0 Å². The number of ketones is 1. The summed E-state index contributed by atoms with van der Waals surface area (Å²) in [6.45, 7) is 1.80. The second-order valence-corrected chi connectivity index (χ2v) is 3.47. The maximum absolute atomic E-state index is 11.3. The minimum Gasteiger partial charge on any atom is -0.490 e. The Hall–Kier alpha value is -1.39. The Morgan fingerprint density at radius 1 is 1.38 bits per heavy atom. The second kappa shape index (κ2) is 6.25. The number of carbonyl (C=O) groups is 1. The average molecular weight is 224 g/mol. The molecular weight excluding hydrogens is 208 g/mol. The van der Waals surface area contributed by atoms with Crippen molar-refractivity contribution in [1.82, 2.24) is 0 Å². The molecular formula is C12H16O4. The first-order valence-corrected chi connectivity index (χ1v) is 5.05. The van der Waals surface area contributed by atoms with Gasteiger partial charge in [0.2, 0.25) is 0 Å². The lowest BCUT2D eigenvalue weighted by Crippen LogP contribution is -2.23. The fourth-order valence-corrected chi connectivity index (χ4v) is 1.31. The molecule has 1 rings (SSSR count). The van der Waals surface area contributed by atoms with Crippen molar-refractivity contribution in [2.45, 2.75) is 13.0 Å². The molecule has 0 saturated heterocycles. The molecule has 0 aromatic heterocycles. The molecule has 0 aliphatic rings. The minimum atomic E-state index is -0.690. The van der Waals surface area contributed by atoms with Crippen LogP contribution in [0, 0.1) is 0 Å². The lowest BCUT2D eigenvalue weighted by molar-refractivity contribution is 0.0323. The highest BCUT2D eigenvalue weighted by atomic mass is 16.5. The van der Waals surface area contributed by atoms with Gasteiger partial charge in [-0.05, 0) is 19.1 Å². The van der Waals surface area contributed by atoms with Crippen LogP contribution in [0.2, 0.25) is 0 Å². The summed E-state index contributed by atoms with van der Waals surface area (Å²) in [5.74, 6) is 0.432. The van der Waals surface area contributed by atoms with Gasteiger partial charge in [-0.25, -0.2) is 0 Å². The van der Waals surface area contributed by atoms with Crippen LogP contribution in [0.5, 0.6) is 5.75 Å². The van der Waals surface area contributed by atoms with E-state index in [0.29, 0.717) is 11.3 Å². The maximum atomic E-state index is 11.3. The summed E-state index contributed by atoms with van der Waals surface area (Å²) < 4.78 is 10.1. The topological polar surface area (TPSA) is 55.8 Å². The van der Waals surface area contributed by atoms with Gasteiger partial charge in [-0.3, -0.25) is 4.79 Å². The molecule has 4 heteroatoms. The van der Waals surface area contributed by atoms with E-state index < -0.39 is 6.10 Å². The predicted octanol–water partition coefficient (Wildman–Crippen LogP) is 1.28. The standard InChI is InChI=1S/C12H16O4/c1-9(13)11-5-3-4-6-12(11)16-8-10(14)7-15-2/h3-6,10,14H,7-8H2,1-2H3. The van der Waals surface area contributed by atoms with Gasteiger partial charge in [0, 0.05) is 7.11 Å². The largest absolute Gasteiger partial charge is 0.490 e. The number of para-hydroxylation sites is 1. The summed E-state index contributed by atoms with van der Waals surface area (Å²) in [4.78, 5) is 11.3. The van der Waals surface area contributed by atoms with Crippen molar-refractivity contribution in [3.05, 3.63) is 29.8 Å². The van der Waals surface area contributed by atoms with Crippen molar-refractivity contribution in [2.24, 2.45) is 0 Å². The Kier molecular flexibility index (Phi) is 4.95. The molecule has 1 unspecified atom stereocenters. The van der Waals surface area contributed by atoms with Crippen LogP contribution < -0.4 is 4.74 Å². The number of hydrogen-bond donors (Lipinski definition) is 1. The third-order valence-corrected chi connectivity index (χ3v) is 2.06. The van der Waals surface area contributed by atoms with E-state index in [1.165, 1.54) is 14.0 Å². The van der Waals surface area contributed by atoms with Crippen molar-refractivity contribution in [3.8, 4) is 5.75 Å². The molecule has 0 radical (unpaired) electrons. The minimum absolute atomic E-state index is 0.0585. The SMILES string of the molecule is COCC(O)COc1ccccc1C(C)=O. The van der Waals surface area contributed by atoms with E-state index in [1.54, 1.807) is 24.3 Å². The Balaban J connectivity index is 2.63. The molecule has 0 amide bonds. The van der Waals surface area contributed by atoms with E-state index in [4.69, 9.17) is 9.47 Å². The fraction of sp³-hybridized carbons (Fsp3) is 0.417. The Morgan fingerprint density at radius 2 is 2.06 bits per heavy atom. The Morgan fingerprint density at radius 3 is 2.69 bits per heavy atom. The first-order chi connectivity index (χ1) is 7.65. The number of rotatable bonds is 6. The van der Waals surface area contributed by atoms with Crippen LogP contribution in [0.1, 0.15) is 17.3 Å². The zero-order chi connectivity index (χ0) is 12.0. The summed E-state index contributed by atoms with van der Waals surface area (Å²) in [6, 6.07) is 6.95. The summed E-state index contributed by atoms with van der Waals surface area (Å²) in [5, 5.41) is 9.41. The number of hydrogen-bond acceptors (Lipinski definition) is 4. The molecule has 0 bridgehead atoms. The van der Waals surface area contributed by atoms with Crippen LogP contribution in [-0.4, -0.2) is 37.3 Å². The van der Waals surface area contributed by atoms with E-state index in [-0.39, 0.29) is 19.0 Å². The third kappa shape index (κ3) is 3.64. The molecule has 1 N–H and O–H groups in total. The molecule has 0 aliphatic heterocycles. The summed E-state index contributed by atoms with van der Waals surface area (Å²) >= 11 is 0. The number of ether oxygens (including phenoxy) is 2. The molecule has 0 saturated carbocycles. The molecule has 1 aromatic carbocycles. The number of methoxy groups -OCH3 is 1. The Bertz CT molecular complexity index is 349. The van der Waals surface area contributed by atoms with Gasteiger partial charge in [-0.1, -0.05) is 12.1 Å². The zero-order valence-corrected chi connectivity index (χ0v) is 9.47. The lowest BCUT2D eigenvalue weighted by atomic mass is 10.1. The first kappa shape index (κ1) is 12.7.